The molecule has 108 valence electrons. The summed E-state index contributed by atoms with van der Waals surface area (Å²) >= 11 is 1.58. The maximum absolute atomic E-state index is 12.1. The maximum atomic E-state index is 12.1. The molecule has 0 saturated carbocycles. The van der Waals surface area contributed by atoms with Crippen LogP contribution >= 0.6 is 11.3 Å². The van der Waals surface area contributed by atoms with E-state index in [1.807, 2.05) is 20.8 Å². The second-order valence-electron chi connectivity index (χ2n) is 4.63. The molecule has 1 N–H and O–H groups in total. The molecule has 6 heteroatoms. The van der Waals surface area contributed by atoms with Crippen LogP contribution in [0.5, 0.6) is 5.75 Å². The molecule has 0 bridgehead atoms. The molecule has 2 rings (SSSR count). The number of hydrogen-bond donors (Lipinski definition) is 1. The summed E-state index contributed by atoms with van der Waals surface area (Å²) in [5.41, 5.74) is 1.75. The van der Waals surface area contributed by atoms with Crippen molar-refractivity contribution < 1.29 is 13.5 Å². The zero-order valence-corrected chi connectivity index (χ0v) is 12.3. The topological polar surface area (TPSA) is 34.2 Å². The lowest BCUT2D eigenvalue weighted by Crippen LogP contribution is -2.08. The third-order valence-electron chi connectivity index (χ3n) is 2.56. The summed E-state index contributed by atoms with van der Waals surface area (Å²) in [5.74, 6) is 0.150. The van der Waals surface area contributed by atoms with E-state index >= 15 is 0 Å². The van der Waals surface area contributed by atoms with Crippen molar-refractivity contribution in [3.05, 3.63) is 29.1 Å². The summed E-state index contributed by atoms with van der Waals surface area (Å²) in [5, 5.41) is 4.12. The summed E-state index contributed by atoms with van der Waals surface area (Å²) in [7, 11) is 0. The lowest BCUT2D eigenvalue weighted by molar-refractivity contribution is -0.0498. The Morgan fingerprint density at radius 1 is 1.20 bits per heavy atom. The van der Waals surface area contributed by atoms with E-state index in [2.05, 4.69) is 15.0 Å². The van der Waals surface area contributed by atoms with Gasteiger partial charge in [-0.15, -0.1) is 11.3 Å². The second-order valence-corrected chi connectivity index (χ2v) is 5.83. The van der Waals surface area contributed by atoms with Crippen molar-refractivity contribution in [1.29, 1.82) is 0 Å². The summed E-state index contributed by atoms with van der Waals surface area (Å²) in [4.78, 5) is 5.61. The van der Waals surface area contributed by atoms with Crippen LogP contribution in [0.4, 0.5) is 13.9 Å². The lowest BCUT2D eigenvalue weighted by atomic mass is 10.1. The summed E-state index contributed by atoms with van der Waals surface area (Å²) in [6.45, 7) is 3.28. The molecule has 0 saturated heterocycles. The largest absolute Gasteiger partial charge is 0.435 e. The van der Waals surface area contributed by atoms with Gasteiger partial charge in [-0.25, -0.2) is 4.98 Å². The van der Waals surface area contributed by atoms with Gasteiger partial charge in [-0.2, -0.15) is 8.78 Å². The highest BCUT2D eigenvalue weighted by Crippen LogP contribution is 2.31. The molecule has 1 aromatic heterocycles. The smallest absolute Gasteiger partial charge is 0.387 e. The quantitative estimate of drug-likeness (QED) is 0.880. The molecular weight excluding hydrogens is 282 g/mol. The van der Waals surface area contributed by atoms with Gasteiger partial charge in [-0.05, 0) is 45.0 Å². The molecule has 3 nitrogen and oxygen atoms in total. The Kier molecular flexibility index (Phi) is 4.54. The number of halogens is 2. The Balaban J connectivity index is 2.21. The minimum absolute atomic E-state index is 0.150. The SMILES string of the molecule is Cc1sc(NC(C)C)nc1-c1ccc(OC(F)F)cc1. The van der Waals surface area contributed by atoms with Gasteiger partial charge in [0.15, 0.2) is 5.13 Å². The molecule has 2 aromatic rings. The minimum Gasteiger partial charge on any atom is -0.435 e. The Morgan fingerprint density at radius 2 is 1.85 bits per heavy atom. The van der Waals surface area contributed by atoms with E-state index in [1.54, 1.807) is 23.5 Å². The first-order chi connectivity index (χ1) is 9.45. The number of anilines is 1. The number of benzene rings is 1. The first-order valence-electron chi connectivity index (χ1n) is 6.25. The number of rotatable bonds is 5. The number of ether oxygens (including phenoxy) is 1. The van der Waals surface area contributed by atoms with Gasteiger partial charge in [0.05, 0.1) is 5.69 Å². The fourth-order valence-electron chi connectivity index (χ4n) is 1.77. The Morgan fingerprint density at radius 3 is 2.40 bits per heavy atom. The average Bonchev–Trinajstić information content (AvgIpc) is 2.69. The van der Waals surface area contributed by atoms with Crippen LogP contribution in [0.25, 0.3) is 11.3 Å². The molecule has 1 aromatic carbocycles. The first kappa shape index (κ1) is 14.7. The number of alkyl halides is 2. The van der Waals surface area contributed by atoms with Crippen LogP contribution in [0.2, 0.25) is 0 Å². The van der Waals surface area contributed by atoms with E-state index in [4.69, 9.17) is 0 Å². The van der Waals surface area contributed by atoms with Crippen LogP contribution in [-0.4, -0.2) is 17.6 Å². The van der Waals surface area contributed by atoms with Crippen LogP contribution in [0.3, 0.4) is 0 Å². The highest BCUT2D eigenvalue weighted by molar-refractivity contribution is 7.16. The van der Waals surface area contributed by atoms with Crippen molar-refractivity contribution in [2.24, 2.45) is 0 Å². The van der Waals surface area contributed by atoms with Crippen molar-refractivity contribution in [2.45, 2.75) is 33.4 Å². The van der Waals surface area contributed by atoms with E-state index in [-0.39, 0.29) is 5.75 Å². The van der Waals surface area contributed by atoms with Gasteiger partial charge >= 0.3 is 6.61 Å². The molecule has 0 amide bonds. The number of aromatic nitrogens is 1. The summed E-state index contributed by atoms with van der Waals surface area (Å²) in [6.07, 6.45) is 0. The van der Waals surface area contributed by atoms with E-state index in [0.717, 1.165) is 21.3 Å². The third kappa shape index (κ3) is 3.66. The van der Waals surface area contributed by atoms with Gasteiger partial charge in [-0.3, -0.25) is 0 Å². The predicted molar refractivity (Wildman–Crippen MR) is 77.7 cm³/mol. The van der Waals surface area contributed by atoms with Crippen molar-refractivity contribution in [2.75, 3.05) is 5.32 Å². The molecular formula is C14H16F2N2OS. The van der Waals surface area contributed by atoms with Gasteiger partial charge in [0.25, 0.3) is 0 Å². The van der Waals surface area contributed by atoms with Crippen LogP contribution in [0.15, 0.2) is 24.3 Å². The van der Waals surface area contributed by atoms with Gasteiger partial charge in [-0.1, -0.05) is 0 Å². The number of aryl methyl sites for hydroxylation is 1. The Hall–Kier alpha value is -1.69. The monoisotopic (exact) mass is 298 g/mol. The molecule has 20 heavy (non-hydrogen) atoms. The highest BCUT2D eigenvalue weighted by atomic mass is 32.1. The van der Waals surface area contributed by atoms with E-state index < -0.39 is 6.61 Å². The van der Waals surface area contributed by atoms with Gasteiger partial charge in [0.1, 0.15) is 5.75 Å². The summed E-state index contributed by atoms with van der Waals surface area (Å²) in [6, 6.07) is 6.83. The molecule has 0 radical (unpaired) electrons. The second kappa shape index (κ2) is 6.17. The van der Waals surface area contributed by atoms with Crippen molar-refractivity contribution in [3.8, 4) is 17.0 Å². The molecule has 1 heterocycles. The third-order valence-corrected chi connectivity index (χ3v) is 3.46. The fraction of sp³-hybridized carbons (Fsp3) is 0.357. The Bertz CT molecular complexity index is 567. The molecule has 0 aliphatic carbocycles. The summed E-state index contributed by atoms with van der Waals surface area (Å²) < 4.78 is 28.5. The van der Waals surface area contributed by atoms with Gasteiger partial charge in [0.2, 0.25) is 0 Å². The zero-order valence-electron chi connectivity index (χ0n) is 11.5. The normalized spacial score (nSPS) is 11.2. The Labute approximate surface area is 120 Å². The maximum Gasteiger partial charge on any atom is 0.387 e. The van der Waals surface area contributed by atoms with E-state index in [9.17, 15) is 8.78 Å². The van der Waals surface area contributed by atoms with Gasteiger partial charge in [0, 0.05) is 16.5 Å². The number of nitrogens with one attached hydrogen (secondary N) is 1. The van der Waals surface area contributed by atoms with Crippen molar-refractivity contribution in [1.82, 2.24) is 4.98 Å². The lowest BCUT2D eigenvalue weighted by Gasteiger charge is -2.05. The van der Waals surface area contributed by atoms with Gasteiger partial charge < -0.3 is 10.1 Å². The number of hydrogen-bond acceptors (Lipinski definition) is 4. The highest BCUT2D eigenvalue weighted by Gasteiger charge is 2.11. The molecule has 0 unspecified atom stereocenters. The van der Waals surface area contributed by atoms with Crippen molar-refractivity contribution >= 4 is 16.5 Å². The number of nitrogens with zero attached hydrogens (tertiary/aromatic N) is 1. The molecule has 0 aliphatic heterocycles. The van der Waals surface area contributed by atoms with Crippen molar-refractivity contribution in [3.63, 3.8) is 0 Å². The molecule has 0 fully saturated rings. The predicted octanol–water partition coefficient (Wildman–Crippen LogP) is 4.54. The van der Waals surface area contributed by atoms with Crippen LogP contribution in [0, 0.1) is 6.92 Å². The number of thiazole rings is 1. The van der Waals surface area contributed by atoms with Crippen LogP contribution < -0.4 is 10.1 Å². The van der Waals surface area contributed by atoms with Crippen LogP contribution in [0.1, 0.15) is 18.7 Å². The molecule has 0 aliphatic rings. The standard InChI is InChI=1S/C14H16F2N2OS/c1-8(2)17-14-18-12(9(3)20-14)10-4-6-11(7-5-10)19-13(15)16/h4-8,13H,1-3H3,(H,17,18). The minimum atomic E-state index is -2.80. The molecule has 0 spiro atoms. The zero-order chi connectivity index (χ0) is 14.7. The molecule has 0 atom stereocenters. The van der Waals surface area contributed by atoms with Crippen LogP contribution in [-0.2, 0) is 0 Å². The fourth-order valence-corrected chi connectivity index (χ4v) is 2.75. The average molecular weight is 298 g/mol. The first-order valence-corrected chi connectivity index (χ1v) is 7.06. The van der Waals surface area contributed by atoms with E-state index in [1.165, 1.54) is 12.1 Å². The van der Waals surface area contributed by atoms with E-state index in [0.29, 0.717) is 6.04 Å².